The van der Waals surface area contributed by atoms with Crippen LogP contribution in [0, 0.1) is 13.8 Å². The van der Waals surface area contributed by atoms with Gasteiger partial charge in [0.05, 0.1) is 6.42 Å². The van der Waals surface area contributed by atoms with Crippen molar-refractivity contribution in [1.29, 1.82) is 0 Å². The number of hydrogen-bond acceptors (Lipinski definition) is 4. The minimum absolute atomic E-state index is 0.116. The highest BCUT2D eigenvalue weighted by Crippen LogP contribution is 2.28. The number of hydrogen-bond donors (Lipinski definition) is 1. The van der Waals surface area contributed by atoms with Gasteiger partial charge in [-0.25, -0.2) is 0 Å². The predicted molar refractivity (Wildman–Crippen MR) is 107 cm³/mol. The van der Waals surface area contributed by atoms with Crippen LogP contribution in [0.1, 0.15) is 34.7 Å². The van der Waals surface area contributed by atoms with Gasteiger partial charge in [-0.05, 0) is 47.7 Å². The lowest BCUT2D eigenvalue weighted by Crippen LogP contribution is -2.17. The molecule has 0 bridgehead atoms. The molecule has 0 aliphatic carbocycles. The molecule has 3 rings (SSSR count). The molecule has 0 fully saturated rings. The maximum atomic E-state index is 12.1. The second-order valence-electron chi connectivity index (χ2n) is 6.73. The molecular weight excluding hydrogens is 336 g/mol. The molecule has 0 spiro atoms. The van der Waals surface area contributed by atoms with Crippen LogP contribution in [-0.2, 0) is 16.1 Å². The third kappa shape index (κ3) is 4.80. The van der Waals surface area contributed by atoms with Crippen LogP contribution in [0.3, 0.4) is 0 Å². The molecule has 0 unspecified atom stereocenters. The number of carbonyl (C=O) groups excluding carboxylic acids is 1. The lowest BCUT2D eigenvalue weighted by molar-refractivity contribution is -0.145. The summed E-state index contributed by atoms with van der Waals surface area (Å²) in [6, 6.07) is 17.4. The fraction of sp³-hybridized carbons (Fsp3) is 0.217. The standard InChI is InChI=1S/C23H24N2O2/c1-16-7-6-8-17(2)23(16)20-11-19(13-25-14-20)21(24)12-22(26)27-15-18-9-4-3-5-10-18/h3-11,13-14,21H,12,15,24H2,1-2H3/t21-/m0/s1. The summed E-state index contributed by atoms with van der Waals surface area (Å²) in [6.45, 7) is 4.42. The number of esters is 1. The van der Waals surface area contributed by atoms with E-state index in [2.05, 4.69) is 31.0 Å². The van der Waals surface area contributed by atoms with Gasteiger partial charge >= 0.3 is 5.97 Å². The van der Waals surface area contributed by atoms with Gasteiger partial charge in [0, 0.05) is 24.0 Å². The van der Waals surface area contributed by atoms with Gasteiger partial charge in [0.1, 0.15) is 6.61 Å². The molecule has 0 aliphatic heterocycles. The number of carbonyl (C=O) groups is 1. The minimum Gasteiger partial charge on any atom is -0.461 e. The van der Waals surface area contributed by atoms with E-state index in [0.29, 0.717) is 0 Å². The zero-order chi connectivity index (χ0) is 19.2. The highest BCUT2D eigenvalue weighted by atomic mass is 16.5. The molecule has 1 heterocycles. The Bertz CT molecular complexity index is 902. The Morgan fingerprint density at radius 3 is 2.44 bits per heavy atom. The van der Waals surface area contributed by atoms with Gasteiger partial charge in [0.15, 0.2) is 0 Å². The van der Waals surface area contributed by atoms with Crippen molar-refractivity contribution in [3.8, 4) is 11.1 Å². The summed E-state index contributed by atoms with van der Waals surface area (Å²) in [5, 5.41) is 0. The molecule has 138 valence electrons. The van der Waals surface area contributed by atoms with Gasteiger partial charge in [0.25, 0.3) is 0 Å². The molecule has 0 radical (unpaired) electrons. The number of aromatic nitrogens is 1. The lowest BCUT2D eigenvalue weighted by Gasteiger charge is -2.14. The molecule has 0 amide bonds. The number of nitrogens with two attached hydrogens (primary N) is 1. The molecule has 0 saturated heterocycles. The molecule has 27 heavy (non-hydrogen) atoms. The fourth-order valence-electron chi connectivity index (χ4n) is 3.16. The average molecular weight is 360 g/mol. The Balaban J connectivity index is 1.68. The summed E-state index contributed by atoms with van der Waals surface area (Å²) in [6.07, 6.45) is 3.66. The molecule has 1 atom stereocenters. The van der Waals surface area contributed by atoms with Gasteiger partial charge in [-0.1, -0.05) is 48.5 Å². The first-order valence-corrected chi connectivity index (χ1v) is 9.01. The molecule has 2 aromatic carbocycles. The summed E-state index contributed by atoms with van der Waals surface area (Å²) >= 11 is 0. The van der Waals surface area contributed by atoms with Crippen molar-refractivity contribution in [3.63, 3.8) is 0 Å². The van der Waals surface area contributed by atoms with E-state index in [-0.39, 0.29) is 19.0 Å². The van der Waals surface area contributed by atoms with Crippen molar-refractivity contribution in [2.75, 3.05) is 0 Å². The normalized spacial score (nSPS) is 11.8. The van der Waals surface area contributed by atoms with Crippen molar-refractivity contribution in [1.82, 2.24) is 4.98 Å². The topological polar surface area (TPSA) is 65.2 Å². The van der Waals surface area contributed by atoms with Crippen LogP contribution in [0.4, 0.5) is 0 Å². The van der Waals surface area contributed by atoms with E-state index < -0.39 is 6.04 Å². The second kappa shape index (κ2) is 8.60. The van der Waals surface area contributed by atoms with E-state index in [1.54, 1.807) is 6.20 Å². The summed E-state index contributed by atoms with van der Waals surface area (Å²) < 4.78 is 5.33. The molecule has 1 aromatic heterocycles. The first kappa shape index (κ1) is 18.8. The van der Waals surface area contributed by atoms with Crippen LogP contribution < -0.4 is 5.73 Å². The van der Waals surface area contributed by atoms with Crippen LogP contribution in [0.5, 0.6) is 0 Å². The number of nitrogens with zero attached hydrogens (tertiary/aromatic N) is 1. The van der Waals surface area contributed by atoms with Crippen molar-refractivity contribution >= 4 is 5.97 Å². The van der Waals surface area contributed by atoms with Crippen LogP contribution in [0.15, 0.2) is 67.0 Å². The second-order valence-corrected chi connectivity index (χ2v) is 6.73. The average Bonchev–Trinajstić information content (AvgIpc) is 2.67. The first-order chi connectivity index (χ1) is 13.0. The molecule has 0 saturated carbocycles. The Morgan fingerprint density at radius 1 is 1.04 bits per heavy atom. The minimum atomic E-state index is -0.454. The highest BCUT2D eigenvalue weighted by Gasteiger charge is 2.15. The van der Waals surface area contributed by atoms with Crippen LogP contribution >= 0.6 is 0 Å². The quantitative estimate of drug-likeness (QED) is 0.657. The molecular formula is C23H24N2O2. The lowest BCUT2D eigenvalue weighted by atomic mass is 9.95. The van der Waals surface area contributed by atoms with Gasteiger partial charge < -0.3 is 10.5 Å². The number of ether oxygens (including phenoxy) is 1. The van der Waals surface area contributed by atoms with Crippen molar-refractivity contribution in [2.24, 2.45) is 5.73 Å². The molecule has 4 nitrogen and oxygen atoms in total. The zero-order valence-corrected chi connectivity index (χ0v) is 15.7. The predicted octanol–water partition coefficient (Wildman–Crippen LogP) is 4.50. The van der Waals surface area contributed by atoms with Gasteiger partial charge in [-0.3, -0.25) is 9.78 Å². The zero-order valence-electron chi connectivity index (χ0n) is 15.7. The third-order valence-corrected chi connectivity index (χ3v) is 4.59. The number of rotatable bonds is 6. The van der Waals surface area contributed by atoms with Crippen LogP contribution in [0.25, 0.3) is 11.1 Å². The van der Waals surface area contributed by atoms with Crippen LogP contribution in [-0.4, -0.2) is 11.0 Å². The van der Waals surface area contributed by atoms with Gasteiger partial charge in [-0.15, -0.1) is 0 Å². The Kier molecular flexibility index (Phi) is 5.99. The fourth-order valence-corrected chi connectivity index (χ4v) is 3.16. The summed E-state index contributed by atoms with van der Waals surface area (Å²) in [5.41, 5.74) is 12.6. The van der Waals surface area contributed by atoms with E-state index in [0.717, 1.165) is 22.3 Å². The Labute approximate surface area is 160 Å². The number of pyridine rings is 1. The molecule has 3 aromatic rings. The Morgan fingerprint density at radius 2 is 1.74 bits per heavy atom. The largest absolute Gasteiger partial charge is 0.461 e. The van der Waals surface area contributed by atoms with Gasteiger partial charge in [0.2, 0.25) is 0 Å². The van der Waals surface area contributed by atoms with Crippen LogP contribution in [0.2, 0.25) is 0 Å². The van der Waals surface area contributed by atoms with Crippen molar-refractivity contribution in [2.45, 2.75) is 32.9 Å². The molecule has 0 aliphatic rings. The molecule has 2 N–H and O–H groups in total. The van der Waals surface area contributed by atoms with E-state index in [1.807, 2.05) is 48.7 Å². The summed E-state index contributed by atoms with van der Waals surface area (Å²) in [7, 11) is 0. The van der Waals surface area contributed by atoms with Gasteiger partial charge in [-0.2, -0.15) is 0 Å². The van der Waals surface area contributed by atoms with E-state index in [9.17, 15) is 4.79 Å². The van der Waals surface area contributed by atoms with Crippen molar-refractivity contribution < 1.29 is 9.53 Å². The summed E-state index contributed by atoms with van der Waals surface area (Å²) in [4.78, 5) is 16.5. The van der Waals surface area contributed by atoms with E-state index >= 15 is 0 Å². The van der Waals surface area contributed by atoms with E-state index in [4.69, 9.17) is 10.5 Å². The SMILES string of the molecule is Cc1cccc(C)c1-c1cncc([C@@H](N)CC(=O)OCc2ccccc2)c1. The maximum Gasteiger partial charge on any atom is 0.308 e. The van der Waals surface area contributed by atoms with E-state index in [1.165, 1.54) is 11.1 Å². The Hall–Kier alpha value is -2.98. The van der Waals surface area contributed by atoms with Crippen molar-refractivity contribution in [3.05, 3.63) is 89.2 Å². The maximum absolute atomic E-state index is 12.1. The number of aryl methyl sites for hydroxylation is 2. The monoisotopic (exact) mass is 360 g/mol. The molecule has 4 heteroatoms. The smallest absolute Gasteiger partial charge is 0.308 e. The first-order valence-electron chi connectivity index (χ1n) is 9.01. The summed E-state index contributed by atoms with van der Waals surface area (Å²) in [5.74, 6) is -0.316. The third-order valence-electron chi connectivity index (χ3n) is 4.59. The number of benzene rings is 2. The highest BCUT2D eigenvalue weighted by molar-refractivity contribution is 5.72.